The summed E-state index contributed by atoms with van der Waals surface area (Å²) in [6.45, 7) is 1.64. The zero-order valence-corrected chi connectivity index (χ0v) is 8.32. The van der Waals surface area contributed by atoms with E-state index in [0.717, 1.165) is 5.56 Å². The molecule has 1 aromatic carbocycles. The first kappa shape index (κ1) is 9.65. The zero-order valence-electron chi connectivity index (χ0n) is 8.32. The summed E-state index contributed by atoms with van der Waals surface area (Å²) in [5, 5.41) is 0. The van der Waals surface area contributed by atoms with Gasteiger partial charge in [-0.25, -0.2) is 0 Å². The molecule has 0 N–H and O–H groups in total. The van der Waals surface area contributed by atoms with E-state index in [1.54, 1.807) is 6.92 Å². The summed E-state index contributed by atoms with van der Waals surface area (Å²) in [7, 11) is 0. The van der Waals surface area contributed by atoms with Crippen LogP contribution in [0.2, 0.25) is 0 Å². The van der Waals surface area contributed by atoms with Crippen LogP contribution in [0.3, 0.4) is 0 Å². The van der Waals surface area contributed by atoms with Gasteiger partial charge in [0.1, 0.15) is 12.2 Å². The highest BCUT2D eigenvalue weighted by Crippen LogP contribution is 2.25. The van der Waals surface area contributed by atoms with E-state index in [0.29, 0.717) is 11.3 Å². The van der Waals surface area contributed by atoms with Crippen LogP contribution in [0.5, 0.6) is 0 Å². The number of ether oxygens (including phenoxy) is 1. The maximum atomic E-state index is 11.7. The van der Waals surface area contributed by atoms with Gasteiger partial charge in [0.15, 0.2) is 5.78 Å². The maximum Gasteiger partial charge on any atom is 0.318 e. The summed E-state index contributed by atoms with van der Waals surface area (Å²) in [6, 6.07) is 9.23. The Morgan fingerprint density at radius 2 is 1.80 bits per heavy atom. The zero-order chi connectivity index (χ0) is 10.8. The molecule has 1 aliphatic heterocycles. The topological polar surface area (TPSA) is 43.4 Å². The van der Waals surface area contributed by atoms with Crippen LogP contribution < -0.4 is 0 Å². The molecule has 1 heterocycles. The Morgan fingerprint density at radius 3 is 2.40 bits per heavy atom. The Balaban J connectivity index is 2.48. The summed E-state index contributed by atoms with van der Waals surface area (Å²) in [5.41, 5.74) is 1.31. The summed E-state index contributed by atoms with van der Waals surface area (Å²) in [4.78, 5) is 22.6. The van der Waals surface area contributed by atoms with Crippen molar-refractivity contribution in [3.05, 3.63) is 41.7 Å². The van der Waals surface area contributed by atoms with E-state index >= 15 is 0 Å². The molecule has 3 heteroatoms. The van der Waals surface area contributed by atoms with Gasteiger partial charge in [0.25, 0.3) is 0 Å². The van der Waals surface area contributed by atoms with E-state index in [-0.39, 0.29) is 12.2 Å². The van der Waals surface area contributed by atoms with Crippen molar-refractivity contribution in [2.75, 3.05) is 0 Å². The molecule has 0 amide bonds. The Hall–Kier alpha value is -1.90. The lowest BCUT2D eigenvalue weighted by Gasteiger charge is -2.16. The molecule has 0 saturated heterocycles. The van der Waals surface area contributed by atoms with Gasteiger partial charge in [0, 0.05) is 0 Å². The van der Waals surface area contributed by atoms with E-state index in [1.807, 2.05) is 30.3 Å². The molecule has 0 saturated carbocycles. The number of carbonyl (C=O) groups is 2. The van der Waals surface area contributed by atoms with E-state index in [1.165, 1.54) is 0 Å². The Labute approximate surface area is 87.4 Å². The maximum absolute atomic E-state index is 11.7. The fourth-order valence-electron chi connectivity index (χ4n) is 1.64. The average molecular weight is 202 g/mol. The monoisotopic (exact) mass is 202 g/mol. The molecule has 0 bridgehead atoms. The van der Waals surface area contributed by atoms with Crippen molar-refractivity contribution in [2.45, 2.75) is 13.3 Å². The lowest BCUT2D eigenvalue weighted by atomic mass is 9.97. The number of esters is 1. The standard InChI is InChI=1S/C12H10O3/c1-8-12(9-5-3-2-4-6-9)10(13)7-11(14)15-8/h2-6H,7H2,1H3. The molecule has 0 atom stereocenters. The Morgan fingerprint density at radius 1 is 1.13 bits per heavy atom. The van der Waals surface area contributed by atoms with Crippen LogP contribution in [0.25, 0.3) is 5.57 Å². The fourth-order valence-corrected chi connectivity index (χ4v) is 1.64. The van der Waals surface area contributed by atoms with Gasteiger partial charge in [-0.05, 0) is 12.5 Å². The second kappa shape index (κ2) is 3.69. The van der Waals surface area contributed by atoms with Crippen molar-refractivity contribution >= 4 is 17.3 Å². The third kappa shape index (κ3) is 1.81. The molecule has 0 fully saturated rings. The largest absolute Gasteiger partial charge is 0.430 e. The van der Waals surface area contributed by atoms with Crippen LogP contribution in [0.15, 0.2) is 36.1 Å². The molecule has 0 spiro atoms. The highest BCUT2D eigenvalue weighted by Gasteiger charge is 2.26. The van der Waals surface area contributed by atoms with Gasteiger partial charge in [-0.2, -0.15) is 0 Å². The van der Waals surface area contributed by atoms with Gasteiger partial charge in [0.05, 0.1) is 5.57 Å². The molecule has 76 valence electrons. The van der Waals surface area contributed by atoms with Crippen molar-refractivity contribution in [2.24, 2.45) is 0 Å². The van der Waals surface area contributed by atoms with Crippen LogP contribution in [-0.4, -0.2) is 11.8 Å². The van der Waals surface area contributed by atoms with E-state index in [2.05, 4.69) is 0 Å². The van der Waals surface area contributed by atoms with Crippen molar-refractivity contribution < 1.29 is 14.3 Å². The van der Waals surface area contributed by atoms with Crippen LogP contribution >= 0.6 is 0 Å². The molecule has 3 nitrogen and oxygen atoms in total. The van der Waals surface area contributed by atoms with E-state index in [9.17, 15) is 9.59 Å². The highest BCUT2D eigenvalue weighted by atomic mass is 16.5. The van der Waals surface area contributed by atoms with Crippen molar-refractivity contribution in [1.29, 1.82) is 0 Å². The van der Waals surface area contributed by atoms with Gasteiger partial charge < -0.3 is 4.74 Å². The first-order valence-corrected chi connectivity index (χ1v) is 4.68. The number of hydrogen-bond acceptors (Lipinski definition) is 3. The van der Waals surface area contributed by atoms with Crippen molar-refractivity contribution in [1.82, 2.24) is 0 Å². The molecule has 0 aliphatic carbocycles. The van der Waals surface area contributed by atoms with Gasteiger partial charge in [-0.3, -0.25) is 9.59 Å². The van der Waals surface area contributed by atoms with Crippen molar-refractivity contribution in [3.63, 3.8) is 0 Å². The van der Waals surface area contributed by atoms with Crippen LogP contribution in [0.1, 0.15) is 18.9 Å². The smallest absolute Gasteiger partial charge is 0.318 e. The fraction of sp³-hybridized carbons (Fsp3) is 0.167. The third-order valence-corrected chi connectivity index (χ3v) is 2.27. The average Bonchev–Trinajstić information content (AvgIpc) is 2.17. The Kier molecular flexibility index (Phi) is 2.37. The lowest BCUT2D eigenvalue weighted by Crippen LogP contribution is -2.19. The van der Waals surface area contributed by atoms with Gasteiger partial charge in [-0.1, -0.05) is 30.3 Å². The predicted octanol–water partition coefficient (Wildman–Crippen LogP) is 1.93. The van der Waals surface area contributed by atoms with Gasteiger partial charge >= 0.3 is 5.97 Å². The summed E-state index contributed by atoms with van der Waals surface area (Å²) >= 11 is 0. The van der Waals surface area contributed by atoms with E-state index in [4.69, 9.17) is 4.74 Å². The first-order valence-electron chi connectivity index (χ1n) is 4.68. The quantitative estimate of drug-likeness (QED) is 0.516. The molecule has 15 heavy (non-hydrogen) atoms. The number of benzene rings is 1. The molecule has 0 aromatic heterocycles. The minimum atomic E-state index is -0.475. The predicted molar refractivity (Wildman–Crippen MR) is 54.8 cm³/mol. The summed E-state index contributed by atoms with van der Waals surface area (Å²) < 4.78 is 4.94. The Bertz CT molecular complexity index is 443. The van der Waals surface area contributed by atoms with Crippen LogP contribution in [-0.2, 0) is 14.3 Å². The molecule has 0 radical (unpaired) electrons. The normalized spacial score (nSPS) is 16.6. The van der Waals surface area contributed by atoms with E-state index < -0.39 is 5.97 Å². The summed E-state index contributed by atoms with van der Waals surface area (Å²) in [5.74, 6) is -0.255. The SMILES string of the molecule is CC1=C(c2ccccc2)C(=O)CC(=O)O1. The number of ketones is 1. The minimum Gasteiger partial charge on any atom is -0.430 e. The molecular weight excluding hydrogens is 192 g/mol. The van der Waals surface area contributed by atoms with Crippen LogP contribution in [0.4, 0.5) is 0 Å². The number of cyclic esters (lactones) is 1. The lowest BCUT2D eigenvalue weighted by molar-refractivity contribution is -0.142. The number of carbonyl (C=O) groups excluding carboxylic acids is 2. The molecule has 0 unspecified atom stereocenters. The number of Topliss-reactive ketones (excluding diaryl/α,β-unsaturated/α-hetero) is 1. The first-order chi connectivity index (χ1) is 7.18. The summed E-state index contributed by atoms with van der Waals surface area (Å²) in [6.07, 6.45) is -0.165. The number of allylic oxidation sites excluding steroid dienone is 2. The van der Waals surface area contributed by atoms with Crippen LogP contribution in [0, 0.1) is 0 Å². The van der Waals surface area contributed by atoms with Crippen molar-refractivity contribution in [3.8, 4) is 0 Å². The molecule has 2 rings (SSSR count). The number of hydrogen-bond donors (Lipinski definition) is 0. The minimum absolute atomic E-state index is 0.165. The second-order valence-corrected chi connectivity index (χ2v) is 3.37. The second-order valence-electron chi connectivity index (χ2n) is 3.37. The molecule has 1 aliphatic rings. The van der Waals surface area contributed by atoms with Gasteiger partial charge in [0.2, 0.25) is 0 Å². The molecular formula is C12H10O3. The third-order valence-electron chi connectivity index (χ3n) is 2.27. The molecule has 1 aromatic rings. The highest BCUT2D eigenvalue weighted by molar-refractivity contribution is 6.27. The van der Waals surface area contributed by atoms with Gasteiger partial charge in [-0.15, -0.1) is 0 Å². The number of rotatable bonds is 1.